The van der Waals surface area contributed by atoms with Crippen molar-refractivity contribution in [2.24, 2.45) is 0 Å². The summed E-state index contributed by atoms with van der Waals surface area (Å²) in [6, 6.07) is 103. The summed E-state index contributed by atoms with van der Waals surface area (Å²) in [6.45, 7) is 56.0. The Morgan fingerprint density at radius 3 is 0.831 bits per heavy atom. The van der Waals surface area contributed by atoms with E-state index in [0.29, 0.717) is 0 Å². The number of hydrogen-bond donors (Lipinski definition) is 0. The lowest BCUT2D eigenvalue weighted by molar-refractivity contribution is 1.02. The van der Waals surface area contributed by atoms with Crippen molar-refractivity contribution in [3.63, 3.8) is 0 Å². The van der Waals surface area contributed by atoms with Crippen LogP contribution in [-0.4, -0.2) is 13.7 Å². The van der Waals surface area contributed by atoms with Crippen LogP contribution in [0.3, 0.4) is 0 Å². The van der Waals surface area contributed by atoms with Gasteiger partial charge in [0.2, 0.25) is 0 Å². The number of rotatable bonds is 0. The predicted octanol–water partition coefficient (Wildman–Crippen LogP) is 37.9. The van der Waals surface area contributed by atoms with Crippen LogP contribution in [-0.2, 0) is 57.8 Å². The summed E-state index contributed by atoms with van der Waals surface area (Å²) in [7, 11) is 0. The van der Waals surface area contributed by atoms with Crippen LogP contribution in [0.2, 0.25) is 0 Å². The van der Waals surface area contributed by atoms with Gasteiger partial charge in [-0.3, -0.25) is 0 Å². The molecule has 0 saturated heterocycles. The van der Waals surface area contributed by atoms with Crippen molar-refractivity contribution in [2.45, 2.75) is 252 Å². The molecule has 27 rings (SSSR count). The molecule has 130 heavy (non-hydrogen) atoms. The maximum Gasteiger partial charge on any atom is 0.0582 e. The molecular formula is C127H147N3. The molecule has 0 radical (unpaired) electrons. The minimum absolute atomic E-state index is 0.993. The second kappa shape index (κ2) is 45.3. The number of fused-ring (bicyclic) bond motifs is 36. The second-order valence-electron chi connectivity index (χ2n) is 30.4. The van der Waals surface area contributed by atoms with Gasteiger partial charge in [0, 0.05) is 51.6 Å². The molecule has 6 aliphatic carbocycles. The second-order valence-corrected chi connectivity index (χ2v) is 30.4. The minimum Gasteiger partial charge on any atom is -0.309 e. The van der Waals surface area contributed by atoms with Gasteiger partial charge in [0.15, 0.2) is 0 Å². The molecule has 3 nitrogen and oxygen atoms in total. The fourth-order valence-electron chi connectivity index (χ4n) is 21.1. The first-order chi connectivity index (χ1) is 64.5. The average molecular weight is 1720 g/mol. The van der Waals surface area contributed by atoms with Crippen LogP contribution in [0.15, 0.2) is 273 Å². The topological polar surface area (TPSA) is 14.8 Å². The average Bonchev–Trinajstić information content (AvgIpc) is 1.54. The lowest BCUT2D eigenvalue weighted by Crippen LogP contribution is -2.11. The maximum atomic E-state index is 2.57. The van der Waals surface area contributed by atoms with Gasteiger partial charge in [-0.2, -0.15) is 0 Å². The number of aromatic nitrogens is 3. The van der Waals surface area contributed by atoms with E-state index in [2.05, 4.69) is 287 Å². The first kappa shape index (κ1) is 98.3. The Bertz CT molecular complexity index is 6940. The lowest BCUT2D eigenvalue weighted by atomic mass is 9.88. The summed E-state index contributed by atoms with van der Waals surface area (Å²) in [5.74, 6) is 0. The van der Waals surface area contributed by atoms with Gasteiger partial charge in [-0.05, 0) is 278 Å². The molecule has 3 aromatic heterocycles. The Balaban J connectivity index is 0.000000166. The summed E-state index contributed by atoms with van der Waals surface area (Å²) in [6.07, 6.45) is 9.21. The van der Waals surface area contributed by atoms with Gasteiger partial charge < -0.3 is 13.7 Å². The number of para-hydroxylation sites is 3. The number of hydrogen-bond acceptors (Lipinski definition) is 0. The molecule has 0 bridgehead atoms. The van der Waals surface area contributed by atoms with E-state index in [1.807, 2.05) is 194 Å². The van der Waals surface area contributed by atoms with Crippen molar-refractivity contribution in [1.29, 1.82) is 0 Å². The highest BCUT2D eigenvalue weighted by atomic mass is 15.0. The Hall–Kier alpha value is -12.3. The molecule has 0 N–H and O–H groups in total. The van der Waals surface area contributed by atoms with Gasteiger partial charge in [0.1, 0.15) is 0 Å². The molecule has 670 valence electrons. The highest BCUT2D eigenvalue weighted by Gasteiger charge is 2.37. The molecule has 0 fully saturated rings. The molecule has 15 aromatic carbocycles. The quantitative estimate of drug-likeness (QED) is 0.144. The summed E-state index contributed by atoms with van der Waals surface area (Å²) in [5.41, 5.74) is 56.0. The van der Waals surface area contributed by atoms with E-state index in [-0.39, 0.29) is 0 Å². The Kier molecular flexibility index (Phi) is 34.3. The standard InChI is InChI=1S/3C33H21N.14C2H6/c1-3-9-24-19(7-1)13-21-18-31-22(16-27(21)24)14-23-17-28-25-10-4-2-8-20(25)15-29(28)32-26-11-5-6-12-30(26)34(31)33(23)32;1-3-9-24-19(7-1)13-21-18-31-22(15-27(21)24)16-29-32-23(14-20-8-2-4-10-25(20)32)17-28-26-11-5-6-12-30(26)34(31)33(28)29;1-3-9-23-19(7-1)13-21-17-32-22(15-26(21)23)16-29-27-14-20-8-2-4-10-24(20)28(27)18-30-25-11-5-6-12-31(25)34(32)33(29)30;14*1-2/h1-12,16-18H,13-15H2;2*1-12,15,17-18H,13-14,16H2;14*1-2H3. The van der Waals surface area contributed by atoms with Gasteiger partial charge in [0.25, 0.3) is 0 Å². The Labute approximate surface area is 782 Å². The van der Waals surface area contributed by atoms with Crippen molar-refractivity contribution >= 4 is 65.4 Å². The third kappa shape index (κ3) is 16.6. The third-order valence-corrected chi connectivity index (χ3v) is 25.3. The van der Waals surface area contributed by atoms with Crippen molar-refractivity contribution in [3.05, 3.63) is 373 Å². The van der Waals surface area contributed by atoms with Crippen molar-refractivity contribution in [3.8, 4) is 83.8 Å². The van der Waals surface area contributed by atoms with E-state index in [1.165, 1.54) is 249 Å². The monoisotopic (exact) mass is 1710 g/mol. The Morgan fingerprint density at radius 1 is 0.154 bits per heavy atom. The molecule has 0 spiro atoms. The van der Waals surface area contributed by atoms with E-state index in [1.54, 1.807) is 0 Å². The smallest absolute Gasteiger partial charge is 0.0582 e. The lowest BCUT2D eigenvalue weighted by Gasteiger charge is -2.24. The first-order valence-electron chi connectivity index (χ1n) is 50.8. The highest BCUT2D eigenvalue weighted by molar-refractivity contribution is 6.17. The van der Waals surface area contributed by atoms with Crippen molar-refractivity contribution < 1.29 is 0 Å². The Morgan fingerprint density at radius 2 is 0.415 bits per heavy atom. The molecule has 9 aliphatic rings. The summed E-state index contributed by atoms with van der Waals surface area (Å²) >= 11 is 0. The van der Waals surface area contributed by atoms with E-state index < -0.39 is 0 Å². The molecule has 3 aliphatic heterocycles. The molecule has 0 amide bonds. The molecule has 0 unspecified atom stereocenters. The molecule has 6 heterocycles. The molecular weight excluding hydrogens is 1570 g/mol. The van der Waals surface area contributed by atoms with Crippen LogP contribution in [0.4, 0.5) is 0 Å². The van der Waals surface area contributed by atoms with E-state index in [4.69, 9.17) is 0 Å². The SMILES string of the molecule is CC.CC.CC.CC.CC.CC.CC.CC.CC.CC.CC.CC.CC.CC.c1ccc2c(c1)Cc1cc3c(cc1-2)Cc1c2c(cc4c5ccccc5n-3c14)-c1ccccc1C2.c1ccc2c(c1)Cc1cc3c(cc1-2)Cc1c2c(cc4c5ccccc5n-3c14)Cc1ccccc1-2.c1ccc2c(c1)Cc1cc3c(cc1-2)Cc1cc2c(c4c5ccccc5n-3c14)Cc1ccccc1-2. The normalized spacial score (nSPS) is 11.7. The van der Waals surface area contributed by atoms with E-state index in [0.717, 1.165) is 57.8 Å². The molecule has 0 saturated carbocycles. The molecule has 3 heteroatoms. The van der Waals surface area contributed by atoms with Crippen LogP contribution < -0.4 is 0 Å². The zero-order valence-electron chi connectivity index (χ0n) is 84.2. The van der Waals surface area contributed by atoms with Crippen molar-refractivity contribution in [2.75, 3.05) is 0 Å². The summed E-state index contributed by atoms with van der Waals surface area (Å²) in [5, 5.41) is 8.40. The fourth-order valence-corrected chi connectivity index (χ4v) is 21.1. The van der Waals surface area contributed by atoms with Crippen LogP contribution in [0.1, 0.15) is 294 Å². The van der Waals surface area contributed by atoms with Gasteiger partial charge in [-0.1, -0.05) is 394 Å². The van der Waals surface area contributed by atoms with Crippen LogP contribution >= 0.6 is 0 Å². The zero-order chi connectivity index (χ0) is 93.9. The number of nitrogens with zero attached hydrogens (tertiary/aromatic N) is 3. The minimum atomic E-state index is 0.993. The van der Waals surface area contributed by atoms with E-state index >= 15 is 0 Å². The fraction of sp³-hybridized carbons (Fsp3) is 0.291. The predicted molar refractivity (Wildman–Crippen MR) is 579 cm³/mol. The van der Waals surface area contributed by atoms with E-state index in [9.17, 15) is 0 Å². The molecule has 0 atom stereocenters. The van der Waals surface area contributed by atoms with Crippen LogP contribution in [0.5, 0.6) is 0 Å². The summed E-state index contributed by atoms with van der Waals surface area (Å²) in [4.78, 5) is 0. The van der Waals surface area contributed by atoms with Crippen LogP contribution in [0, 0.1) is 0 Å². The first-order valence-corrected chi connectivity index (χ1v) is 50.8. The van der Waals surface area contributed by atoms with Gasteiger partial charge >= 0.3 is 0 Å². The van der Waals surface area contributed by atoms with Gasteiger partial charge in [-0.25, -0.2) is 0 Å². The van der Waals surface area contributed by atoms with Crippen molar-refractivity contribution in [1.82, 2.24) is 13.7 Å². The van der Waals surface area contributed by atoms with Crippen LogP contribution in [0.25, 0.3) is 149 Å². The zero-order valence-corrected chi connectivity index (χ0v) is 84.2. The third-order valence-electron chi connectivity index (χ3n) is 25.3. The van der Waals surface area contributed by atoms with Gasteiger partial charge in [-0.15, -0.1) is 0 Å². The molecule has 18 aromatic rings. The highest BCUT2D eigenvalue weighted by Crippen LogP contribution is 2.55. The largest absolute Gasteiger partial charge is 0.309 e. The summed E-state index contributed by atoms with van der Waals surface area (Å²) < 4.78 is 7.72. The number of benzene rings is 15. The van der Waals surface area contributed by atoms with Gasteiger partial charge in [0.05, 0.1) is 50.2 Å². The maximum absolute atomic E-state index is 2.57.